The molecular formula is C12H20N2O5. The van der Waals surface area contributed by atoms with Gasteiger partial charge in [0.1, 0.15) is 6.04 Å². The van der Waals surface area contributed by atoms with Gasteiger partial charge in [-0.25, -0.2) is 4.79 Å². The van der Waals surface area contributed by atoms with Crippen LogP contribution in [0.1, 0.15) is 26.7 Å². The van der Waals surface area contributed by atoms with E-state index in [0.29, 0.717) is 13.0 Å². The summed E-state index contributed by atoms with van der Waals surface area (Å²) in [4.78, 5) is 37.2. The Balaban J connectivity index is 2.86. The molecule has 108 valence electrons. The van der Waals surface area contributed by atoms with Crippen LogP contribution in [0.4, 0.5) is 0 Å². The van der Waals surface area contributed by atoms with Crippen molar-refractivity contribution >= 4 is 17.8 Å². The zero-order chi connectivity index (χ0) is 14.7. The largest absolute Gasteiger partial charge is 0.480 e. The van der Waals surface area contributed by atoms with Gasteiger partial charge in [-0.3, -0.25) is 9.59 Å². The molecule has 0 bridgehead atoms. The summed E-state index contributed by atoms with van der Waals surface area (Å²) >= 11 is 0. The molecule has 0 aliphatic carbocycles. The van der Waals surface area contributed by atoms with Crippen molar-refractivity contribution in [1.82, 2.24) is 9.80 Å². The molecule has 1 aliphatic rings. The summed E-state index contributed by atoms with van der Waals surface area (Å²) in [6.45, 7) is 3.21. The highest BCUT2D eigenvalue weighted by atomic mass is 16.4. The topological polar surface area (TPSA) is 98.2 Å². The van der Waals surface area contributed by atoms with Crippen molar-refractivity contribution in [3.63, 3.8) is 0 Å². The summed E-state index contributed by atoms with van der Waals surface area (Å²) in [6.07, 6.45) is 0.0594. The molecule has 1 fully saturated rings. The molecule has 1 rings (SSSR count). The summed E-state index contributed by atoms with van der Waals surface area (Å²) in [5.74, 6) is -1.91. The van der Waals surface area contributed by atoms with Crippen LogP contribution in [0.25, 0.3) is 0 Å². The van der Waals surface area contributed by atoms with Gasteiger partial charge >= 0.3 is 5.97 Å². The van der Waals surface area contributed by atoms with Crippen LogP contribution in [0.3, 0.4) is 0 Å². The summed E-state index contributed by atoms with van der Waals surface area (Å²) in [6, 6.07) is -1.93. The van der Waals surface area contributed by atoms with Crippen molar-refractivity contribution in [2.75, 3.05) is 13.6 Å². The van der Waals surface area contributed by atoms with E-state index in [1.807, 2.05) is 0 Å². The molecule has 0 spiro atoms. The molecule has 0 aromatic rings. The number of aliphatic hydroxyl groups is 1. The number of aliphatic hydroxyl groups excluding tert-OH is 1. The second-order valence-electron chi connectivity index (χ2n) is 4.84. The quantitative estimate of drug-likeness (QED) is 0.704. The lowest BCUT2D eigenvalue weighted by Crippen LogP contribution is -2.54. The first kappa shape index (κ1) is 15.4. The lowest BCUT2D eigenvalue weighted by molar-refractivity contribution is -0.156. The third-order valence-corrected chi connectivity index (χ3v) is 3.42. The minimum Gasteiger partial charge on any atom is -0.480 e. The van der Waals surface area contributed by atoms with Gasteiger partial charge in [0.25, 0.3) is 0 Å². The van der Waals surface area contributed by atoms with Crippen molar-refractivity contribution in [1.29, 1.82) is 0 Å². The monoisotopic (exact) mass is 272 g/mol. The highest BCUT2D eigenvalue weighted by molar-refractivity contribution is 5.90. The molecule has 19 heavy (non-hydrogen) atoms. The maximum Gasteiger partial charge on any atom is 0.329 e. The third-order valence-electron chi connectivity index (χ3n) is 3.42. The van der Waals surface area contributed by atoms with Crippen molar-refractivity contribution in [2.24, 2.45) is 0 Å². The van der Waals surface area contributed by atoms with Crippen LogP contribution in [-0.4, -0.2) is 69.6 Å². The first-order valence-corrected chi connectivity index (χ1v) is 6.22. The number of hydrogen-bond donors (Lipinski definition) is 2. The number of carboxylic acids is 1. The van der Waals surface area contributed by atoms with Crippen LogP contribution < -0.4 is 0 Å². The van der Waals surface area contributed by atoms with E-state index in [-0.39, 0.29) is 5.91 Å². The Morgan fingerprint density at radius 1 is 1.37 bits per heavy atom. The van der Waals surface area contributed by atoms with Crippen LogP contribution in [-0.2, 0) is 14.4 Å². The van der Waals surface area contributed by atoms with Gasteiger partial charge in [-0.1, -0.05) is 0 Å². The molecule has 1 unspecified atom stereocenters. The Kier molecular flexibility index (Phi) is 4.88. The second kappa shape index (κ2) is 6.01. The molecule has 7 nitrogen and oxygen atoms in total. The Hall–Kier alpha value is -1.63. The van der Waals surface area contributed by atoms with Crippen molar-refractivity contribution in [3.05, 3.63) is 0 Å². The Morgan fingerprint density at radius 3 is 2.37 bits per heavy atom. The standard InChI is InChI=1S/C12H20N2O5/c1-7(15)10(12(18)19)13(3)11(17)9-5-4-6-14(9)8(2)16/h7,9-10,15H,4-6H2,1-3H3,(H,18,19)/t7-,9?,10+/m1/s1. The molecule has 7 heteroatoms. The number of carboxylic acid groups (broad SMARTS) is 1. The highest BCUT2D eigenvalue weighted by Gasteiger charge is 2.39. The molecular weight excluding hydrogens is 252 g/mol. The van der Waals surface area contributed by atoms with E-state index in [4.69, 9.17) is 5.11 Å². The van der Waals surface area contributed by atoms with E-state index in [9.17, 15) is 19.5 Å². The number of amides is 2. The average Bonchev–Trinajstić information content (AvgIpc) is 2.75. The number of rotatable bonds is 4. The van der Waals surface area contributed by atoms with Crippen LogP contribution in [0.15, 0.2) is 0 Å². The van der Waals surface area contributed by atoms with E-state index >= 15 is 0 Å². The zero-order valence-corrected chi connectivity index (χ0v) is 11.4. The van der Waals surface area contributed by atoms with E-state index in [2.05, 4.69) is 0 Å². The number of hydrogen-bond acceptors (Lipinski definition) is 4. The fourth-order valence-electron chi connectivity index (χ4n) is 2.47. The van der Waals surface area contributed by atoms with Gasteiger partial charge in [-0.2, -0.15) is 0 Å². The van der Waals surface area contributed by atoms with Crippen molar-refractivity contribution < 1.29 is 24.6 Å². The van der Waals surface area contributed by atoms with Gasteiger partial charge in [-0.15, -0.1) is 0 Å². The molecule has 1 saturated heterocycles. The first-order valence-electron chi connectivity index (χ1n) is 6.22. The number of aliphatic carboxylic acids is 1. The van der Waals surface area contributed by atoms with Gasteiger partial charge in [-0.05, 0) is 19.8 Å². The average molecular weight is 272 g/mol. The van der Waals surface area contributed by atoms with Crippen molar-refractivity contribution in [2.45, 2.75) is 44.9 Å². The SMILES string of the molecule is CC(=O)N1CCCC1C(=O)N(C)[C@H](C(=O)O)[C@@H](C)O. The fourth-order valence-corrected chi connectivity index (χ4v) is 2.47. The fraction of sp³-hybridized carbons (Fsp3) is 0.750. The van der Waals surface area contributed by atoms with Crippen LogP contribution in [0, 0.1) is 0 Å². The van der Waals surface area contributed by atoms with Crippen molar-refractivity contribution in [3.8, 4) is 0 Å². The number of carbonyl (C=O) groups excluding carboxylic acids is 2. The third kappa shape index (κ3) is 3.23. The van der Waals surface area contributed by atoms with Crippen LogP contribution in [0.2, 0.25) is 0 Å². The van der Waals surface area contributed by atoms with Gasteiger partial charge in [0.2, 0.25) is 11.8 Å². The van der Waals surface area contributed by atoms with Crippen LogP contribution >= 0.6 is 0 Å². The lowest BCUT2D eigenvalue weighted by atomic mass is 10.1. The van der Waals surface area contributed by atoms with Gasteiger partial charge in [0, 0.05) is 20.5 Å². The first-order chi connectivity index (χ1) is 8.77. The lowest BCUT2D eigenvalue weighted by Gasteiger charge is -2.32. The highest BCUT2D eigenvalue weighted by Crippen LogP contribution is 2.20. The molecule has 0 aromatic carbocycles. The molecule has 0 aromatic heterocycles. The Morgan fingerprint density at radius 2 is 1.95 bits per heavy atom. The maximum absolute atomic E-state index is 12.3. The Bertz CT molecular complexity index is 382. The molecule has 1 heterocycles. The number of likely N-dealkylation sites (N-methyl/N-ethyl adjacent to an activating group) is 1. The number of carbonyl (C=O) groups is 3. The zero-order valence-electron chi connectivity index (χ0n) is 11.4. The minimum atomic E-state index is -1.30. The van der Waals surface area contributed by atoms with E-state index < -0.39 is 30.1 Å². The molecule has 0 radical (unpaired) electrons. The number of nitrogens with zero attached hydrogens (tertiary/aromatic N) is 2. The van der Waals surface area contributed by atoms with Gasteiger partial charge < -0.3 is 20.0 Å². The summed E-state index contributed by atoms with van der Waals surface area (Å²) in [5, 5.41) is 18.5. The molecule has 2 N–H and O–H groups in total. The van der Waals surface area contributed by atoms with E-state index in [1.165, 1.54) is 25.8 Å². The maximum atomic E-state index is 12.3. The number of likely N-dealkylation sites (tertiary alicyclic amines) is 1. The molecule has 1 aliphatic heterocycles. The summed E-state index contributed by atoms with van der Waals surface area (Å²) in [7, 11) is 1.34. The Labute approximate surface area is 111 Å². The van der Waals surface area contributed by atoms with E-state index in [0.717, 1.165) is 11.3 Å². The molecule has 3 atom stereocenters. The predicted octanol–water partition coefficient (Wildman–Crippen LogP) is -0.710. The van der Waals surface area contributed by atoms with Crippen LogP contribution in [0.5, 0.6) is 0 Å². The minimum absolute atomic E-state index is 0.201. The smallest absolute Gasteiger partial charge is 0.329 e. The van der Waals surface area contributed by atoms with Gasteiger partial charge in [0.15, 0.2) is 6.04 Å². The van der Waals surface area contributed by atoms with E-state index in [1.54, 1.807) is 0 Å². The predicted molar refractivity (Wildman–Crippen MR) is 66.3 cm³/mol. The molecule has 0 saturated carbocycles. The summed E-state index contributed by atoms with van der Waals surface area (Å²) < 4.78 is 0. The van der Waals surface area contributed by atoms with Gasteiger partial charge in [0.05, 0.1) is 6.10 Å². The molecule has 2 amide bonds. The second-order valence-corrected chi connectivity index (χ2v) is 4.84. The summed E-state index contributed by atoms with van der Waals surface area (Å²) in [5.41, 5.74) is 0. The normalized spacial score (nSPS) is 21.9.